The summed E-state index contributed by atoms with van der Waals surface area (Å²) in [7, 11) is 0. The summed E-state index contributed by atoms with van der Waals surface area (Å²) < 4.78 is 5.42. The highest BCUT2D eigenvalue weighted by Gasteiger charge is 2.27. The van der Waals surface area contributed by atoms with Gasteiger partial charge in [0.25, 0.3) is 0 Å². The number of ketones is 1. The first-order valence-electron chi connectivity index (χ1n) is 9.92. The summed E-state index contributed by atoms with van der Waals surface area (Å²) in [6.07, 6.45) is 8.49. The smallest absolute Gasteiger partial charge is 0.410 e. The second-order valence-corrected chi connectivity index (χ2v) is 8.43. The third-order valence-electron chi connectivity index (χ3n) is 5.11. The van der Waals surface area contributed by atoms with Crippen molar-refractivity contribution in [3.63, 3.8) is 0 Å². The SMILES string of the molecule is CC(C)(C)OC(=O)N1CCN(c2ncc(C(=O)C3CCCCC3)cn2)CC1. The molecular formula is C20H30N4O3. The van der Waals surface area contributed by atoms with Crippen molar-refractivity contribution in [1.29, 1.82) is 0 Å². The lowest BCUT2D eigenvalue weighted by molar-refractivity contribution is 0.0240. The maximum atomic E-state index is 12.6. The number of ether oxygens (including phenoxy) is 1. The van der Waals surface area contributed by atoms with E-state index < -0.39 is 5.60 Å². The summed E-state index contributed by atoms with van der Waals surface area (Å²) in [5.74, 6) is 0.917. The van der Waals surface area contributed by atoms with Gasteiger partial charge in [-0.15, -0.1) is 0 Å². The largest absolute Gasteiger partial charge is 0.444 e. The van der Waals surface area contributed by atoms with E-state index in [1.165, 1.54) is 6.42 Å². The van der Waals surface area contributed by atoms with Crippen molar-refractivity contribution in [1.82, 2.24) is 14.9 Å². The van der Waals surface area contributed by atoms with Gasteiger partial charge in [-0.1, -0.05) is 19.3 Å². The molecule has 1 saturated carbocycles. The van der Waals surface area contributed by atoms with Gasteiger partial charge in [0.05, 0.1) is 5.56 Å². The van der Waals surface area contributed by atoms with Crippen molar-refractivity contribution in [2.24, 2.45) is 5.92 Å². The fourth-order valence-corrected chi connectivity index (χ4v) is 3.63. The molecule has 0 bridgehead atoms. The van der Waals surface area contributed by atoms with Crippen molar-refractivity contribution in [2.45, 2.75) is 58.5 Å². The molecule has 7 nitrogen and oxygen atoms in total. The predicted octanol–water partition coefficient (Wildman–Crippen LogP) is 3.30. The van der Waals surface area contributed by atoms with Crippen LogP contribution in [0.1, 0.15) is 63.2 Å². The number of amides is 1. The molecule has 0 atom stereocenters. The van der Waals surface area contributed by atoms with E-state index in [0.717, 1.165) is 25.7 Å². The molecule has 2 heterocycles. The van der Waals surface area contributed by atoms with E-state index in [1.807, 2.05) is 25.7 Å². The van der Waals surface area contributed by atoms with E-state index in [-0.39, 0.29) is 17.8 Å². The highest BCUT2D eigenvalue weighted by molar-refractivity contribution is 5.97. The van der Waals surface area contributed by atoms with Crippen LogP contribution in [0, 0.1) is 5.92 Å². The Hall–Kier alpha value is -2.18. The summed E-state index contributed by atoms with van der Waals surface area (Å²) in [6, 6.07) is 0. The first-order valence-corrected chi connectivity index (χ1v) is 9.92. The lowest BCUT2D eigenvalue weighted by Crippen LogP contribution is -2.50. The van der Waals surface area contributed by atoms with Crippen LogP contribution in [-0.2, 0) is 4.74 Å². The average Bonchev–Trinajstić information content (AvgIpc) is 2.67. The van der Waals surface area contributed by atoms with E-state index in [1.54, 1.807) is 17.3 Å². The number of carbonyl (C=O) groups excluding carboxylic acids is 2. The molecule has 1 saturated heterocycles. The zero-order valence-corrected chi connectivity index (χ0v) is 16.6. The van der Waals surface area contributed by atoms with Crippen LogP contribution in [0.5, 0.6) is 0 Å². The third kappa shape index (κ3) is 5.17. The van der Waals surface area contributed by atoms with Crippen LogP contribution in [0.25, 0.3) is 0 Å². The monoisotopic (exact) mass is 374 g/mol. The lowest BCUT2D eigenvalue weighted by atomic mass is 9.84. The molecule has 7 heteroatoms. The highest BCUT2D eigenvalue weighted by atomic mass is 16.6. The van der Waals surface area contributed by atoms with Crippen LogP contribution in [0.2, 0.25) is 0 Å². The topological polar surface area (TPSA) is 75.6 Å². The Kier molecular flexibility index (Phi) is 5.97. The van der Waals surface area contributed by atoms with Gasteiger partial charge in [0, 0.05) is 44.5 Å². The van der Waals surface area contributed by atoms with Crippen LogP contribution in [0.15, 0.2) is 12.4 Å². The molecule has 1 aromatic rings. The fourth-order valence-electron chi connectivity index (χ4n) is 3.63. The molecule has 1 aliphatic carbocycles. The molecule has 3 rings (SSSR count). The average molecular weight is 374 g/mol. The number of Topliss-reactive ketones (excluding diaryl/α,β-unsaturated/α-hetero) is 1. The minimum absolute atomic E-state index is 0.130. The Labute approximate surface area is 161 Å². The van der Waals surface area contributed by atoms with Gasteiger partial charge in [-0.3, -0.25) is 4.79 Å². The van der Waals surface area contributed by atoms with E-state index in [2.05, 4.69) is 9.97 Å². The van der Waals surface area contributed by atoms with Gasteiger partial charge in [-0.25, -0.2) is 14.8 Å². The van der Waals surface area contributed by atoms with Gasteiger partial charge in [-0.05, 0) is 33.6 Å². The first kappa shape index (κ1) is 19.6. The van der Waals surface area contributed by atoms with Gasteiger partial charge >= 0.3 is 6.09 Å². The van der Waals surface area contributed by atoms with E-state index in [0.29, 0.717) is 37.7 Å². The van der Waals surface area contributed by atoms with Crippen molar-refractivity contribution in [3.8, 4) is 0 Å². The number of aromatic nitrogens is 2. The Bertz CT molecular complexity index is 655. The van der Waals surface area contributed by atoms with Crippen molar-refractivity contribution < 1.29 is 14.3 Å². The number of carbonyl (C=O) groups is 2. The number of nitrogens with zero attached hydrogens (tertiary/aromatic N) is 4. The quantitative estimate of drug-likeness (QED) is 0.756. The normalized spacial score (nSPS) is 19.1. The summed E-state index contributed by atoms with van der Waals surface area (Å²) in [5.41, 5.74) is 0.121. The number of piperazine rings is 1. The molecule has 0 radical (unpaired) electrons. The molecule has 1 amide bonds. The van der Waals surface area contributed by atoms with Crippen LogP contribution in [0.3, 0.4) is 0 Å². The van der Waals surface area contributed by atoms with E-state index >= 15 is 0 Å². The van der Waals surface area contributed by atoms with Gasteiger partial charge < -0.3 is 14.5 Å². The predicted molar refractivity (Wildman–Crippen MR) is 103 cm³/mol. The Morgan fingerprint density at radius 1 is 1.00 bits per heavy atom. The van der Waals surface area contributed by atoms with Crippen LogP contribution in [0.4, 0.5) is 10.7 Å². The summed E-state index contributed by atoms with van der Waals surface area (Å²) in [5, 5.41) is 0. The second-order valence-electron chi connectivity index (χ2n) is 8.43. The van der Waals surface area contributed by atoms with Crippen LogP contribution < -0.4 is 4.90 Å². The Balaban J connectivity index is 1.54. The standard InChI is InChI=1S/C20H30N4O3/c1-20(2,3)27-19(26)24-11-9-23(10-12-24)18-21-13-16(14-22-18)17(25)15-7-5-4-6-8-15/h13-15H,4-12H2,1-3H3. The molecule has 1 aromatic heterocycles. The zero-order chi connectivity index (χ0) is 19.4. The first-order chi connectivity index (χ1) is 12.8. The third-order valence-corrected chi connectivity index (χ3v) is 5.11. The molecule has 1 aliphatic heterocycles. The van der Waals surface area contributed by atoms with Crippen molar-refractivity contribution in [3.05, 3.63) is 18.0 Å². The summed E-state index contributed by atoms with van der Waals surface area (Å²) >= 11 is 0. The molecule has 0 N–H and O–H groups in total. The Morgan fingerprint density at radius 3 is 2.15 bits per heavy atom. The van der Waals surface area contributed by atoms with Crippen molar-refractivity contribution >= 4 is 17.8 Å². The van der Waals surface area contributed by atoms with Gasteiger partial charge in [0.15, 0.2) is 5.78 Å². The number of hydrogen-bond donors (Lipinski definition) is 0. The maximum Gasteiger partial charge on any atom is 0.410 e. The second kappa shape index (κ2) is 8.23. The maximum absolute atomic E-state index is 12.6. The number of hydrogen-bond acceptors (Lipinski definition) is 6. The van der Waals surface area contributed by atoms with Gasteiger partial charge in [0.1, 0.15) is 5.60 Å². The molecule has 0 unspecified atom stereocenters. The van der Waals surface area contributed by atoms with E-state index in [4.69, 9.17) is 4.74 Å². The molecule has 148 valence electrons. The van der Waals surface area contributed by atoms with Crippen molar-refractivity contribution in [2.75, 3.05) is 31.1 Å². The Morgan fingerprint density at radius 2 is 1.59 bits per heavy atom. The molecule has 27 heavy (non-hydrogen) atoms. The minimum atomic E-state index is -0.488. The lowest BCUT2D eigenvalue weighted by Gasteiger charge is -2.35. The zero-order valence-electron chi connectivity index (χ0n) is 16.6. The fraction of sp³-hybridized carbons (Fsp3) is 0.700. The minimum Gasteiger partial charge on any atom is -0.444 e. The van der Waals surface area contributed by atoms with Gasteiger partial charge in [0.2, 0.25) is 5.95 Å². The molecular weight excluding hydrogens is 344 g/mol. The number of anilines is 1. The number of rotatable bonds is 3. The van der Waals surface area contributed by atoms with Gasteiger partial charge in [-0.2, -0.15) is 0 Å². The molecule has 2 aliphatic rings. The molecule has 0 spiro atoms. The highest BCUT2D eigenvalue weighted by Crippen LogP contribution is 2.26. The molecule has 0 aromatic carbocycles. The summed E-state index contributed by atoms with van der Waals surface area (Å²) in [4.78, 5) is 37.3. The summed E-state index contributed by atoms with van der Waals surface area (Å²) in [6.45, 7) is 8.04. The van der Waals surface area contributed by atoms with Crippen LogP contribution >= 0.6 is 0 Å². The van der Waals surface area contributed by atoms with E-state index in [9.17, 15) is 9.59 Å². The molecule has 2 fully saturated rings. The van der Waals surface area contributed by atoms with Crippen LogP contribution in [-0.4, -0.2) is 58.5 Å².